The van der Waals surface area contributed by atoms with E-state index in [0.29, 0.717) is 48.5 Å². The number of aromatic nitrogens is 1. The molecule has 1 aromatic heterocycles. The summed E-state index contributed by atoms with van der Waals surface area (Å²) in [6, 6.07) is 14.9. The van der Waals surface area contributed by atoms with Crippen molar-refractivity contribution in [2.45, 2.75) is 58.0 Å². The van der Waals surface area contributed by atoms with Gasteiger partial charge in [0.15, 0.2) is 0 Å². The van der Waals surface area contributed by atoms with Crippen LogP contribution in [0.2, 0.25) is 10.0 Å². The van der Waals surface area contributed by atoms with Gasteiger partial charge in [-0.05, 0) is 68.7 Å². The van der Waals surface area contributed by atoms with Gasteiger partial charge in [-0.25, -0.2) is 4.79 Å². The normalized spacial score (nSPS) is 18.6. The number of phenols is 1. The van der Waals surface area contributed by atoms with Crippen LogP contribution in [0.15, 0.2) is 60.9 Å². The summed E-state index contributed by atoms with van der Waals surface area (Å²) < 4.78 is 22.6. The second kappa shape index (κ2) is 16.3. The van der Waals surface area contributed by atoms with Gasteiger partial charge in [-0.15, -0.1) is 0 Å². The predicted octanol–water partition coefficient (Wildman–Crippen LogP) is 6.07. The first-order chi connectivity index (χ1) is 21.1. The lowest BCUT2D eigenvalue weighted by molar-refractivity contribution is -0.0415. The van der Waals surface area contributed by atoms with Crippen LogP contribution in [0, 0.1) is 0 Å². The SMILES string of the molecule is CC(C)(C)OC(=O)N1CCO[C@H](Cc2ccc(O)c(Cl)c2)C1.Clc1cc(C[C@@H]2CNCCO2)ccc1OCc1cccnc1. The first-order valence-corrected chi connectivity index (χ1v) is 15.5. The molecule has 0 aliphatic carbocycles. The van der Waals surface area contributed by atoms with Crippen molar-refractivity contribution in [3.8, 4) is 11.5 Å². The number of ether oxygens (including phenoxy) is 4. The van der Waals surface area contributed by atoms with Gasteiger partial charge in [0.05, 0.1) is 42.0 Å². The Morgan fingerprint density at radius 3 is 2.41 bits per heavy atom. The average Bonchev–Trinajstić information content (AvgIpc) is 2.99. The molecule has 238 valence electrons. The van der Waals surface area contributed by atoms with Gasteiger partial charge in [-0.1, -0.05) is 41.4 Å². The fourth-order valence-corrected chi connectivity index (χ4v) is 5.18. The van der Waals surface area contributed by atoms with E-state index in [1.54, 1.807) is 35.5 Å². The molecule has 44 heavy (non-hydrogen) atoms. The lowest BCUT2D eigenvalue weighted by atomic mass is 10.1. The zero-order chi connectivity index (χ0) is 31.5. The van der Waals surface area contributed by atoms with E-state index in [1.165, 1.54) is 0 Å². The molecule has 1 amide bonds. The molecule has 2 aliphatic heterocycles. The summed E-state index contributed by atoms with van der Waals surface area (Å²) in [6.07, 6.45) is 4.80. The molecule has 2 aromatic carbocycles. The molecule has 5 rings (SSSR count). The molecule has 3 aromatic rings. The monoisotopic (exact) mass is 645 g/mol. The summed E-state index contributed by atoms with van der Waals surface area (Å²) in [5, 5.41) is 13.7. The smallest absolute Gasteiger partial charge is 0.410 e. The number of aromatic hydroxyl groups is 1. The zero-order valence-corrected chi connectivity index (χ0v) is 26.9. The van der Waals surface area contributed by atoms with Gasteiger partial charge < -0.3 is 34.3 Å². The Bertz CT molecular complexity index is 1350. The van der Waals surface area contributed by atoms with Gasteiger partial charge in [0.1, 0.15) is 23.7 Å². The lowest BCUT2D eigenvalue weighted by Crippen LogP contribution is -2.48. The van der Waals surface area contributed by atoms with Gasteiger partial charge in [-0.2, -0.15) is 0 Å². The van der Waals surface area contributed by atoms with Crippen LogP contribution in [0.1, 0.15) is 37.5 Å². The van der Waals surface area contributed by atoms with E-state index in [1.807, 2.05) is 51.1 Å². The summed E-state index contributed by atoms with van der Waals surface area (Å²) in [6.45, 7) is 10.1. The Morgan fingerprint density at radius 2 is 1.75 bits per heavy atom. The molecule has 2 aliphatic rings. The lowest BCUT2D eigenvalue weighted by Gasteiger charge is -2.34. The van der Waals surface area contributed by atoms with E-state index in [-0.39, 0.29) is 24.1 Å². The number of phenolic OH excluding ortho intramolecular Hbond substituents is 1. The molecule has 0 spiro atoms. The largest absolute Gasteiger partial charge is 0.506 e. The average molecular weight is 647 g/mol. The van der Waals surface area contributed by atoms with E-state index in [9.17, 15) is 9.90 Å². The first-order valence-electron chi connectivity index (χ1n) is 14.7. The van der Waals surface area contributed by atoms with Crippen LogP contribution < -0.4 is 10.1 Å². The third kappa shape index (κ3) is 11.1. The van der Waals surface area contributed by atoms with E-state index >= 15 is 0 Å². The number of hydrogen-bond acceptors (Lipinski definition) is 8. The van der Waals surface area contributed by atoms with Crippen molar-refractivity contribution in [1.82, 2.24) is 15.2 Å². The third-order valence-corrected chi connectivity index (χ3v) is 7.45. The first kappa shape index (κ1) is 33.8. The topological polar surface area (TPSA) is 102 Å². The summed E-state index contributed by atoms with van der Waals surface area (Å²) in [5.74, 6) is 0.752. The molecular formula is C33H41Cl2N3O6. The summed E-state index contributed by atoms with van der Waals surface area (Å²) in [7, 11) is 0. The van der Waals surface area contributed by atoms with Gasteiger partial charge in [0.2, 0.25) is 0 Å². The highest BCUT2D eigenvalue weighted by Gasteiger charge is 2.28. The minimum absolute atomic E-state index is 0.0605. The second-order valence-electron chi connectivity index (χ2n) is 11.7. The van der Waals surface area contributed by atoms with Crippen LogP contribution in [0.3, 0.4) is 0 Å². The van der Waals surface area contributed by atoms with Crippen molar-refractivity contribution in [2.24, 2.45) is 0 Å². The van der Waals surface area contributed by atoms with Crippen molar-refractivity contribution in [3.63, 3.8) is 0 Å². The minimum Gasteiger partial charge on any atom is -0.506 e. The van der Waals surface area contributed by atoms with Gasteiger partial charge >= 0.3 is 6.09 Å². The summed E-state index contributed by atoms with van der Waals surface area (Å²) in [5.41, 5.74) is 2.63. The number of morpholine rings is 2. The fraction of sp³-hybridized carbons (Fsp3) is 0.455. The van der Waals surface area contributed by atoms with Crippen molar-refractivity contribution in [2.75, 3.05) is 39.4 Å². The number of benzene rings is 2. The van der Waals surface area contributed by atoms with Crippen molar-refractivity contribution in [1.29, 1.82) is 0 Å². The second-order valence-corrected chi connectivity index (χ2v) is 12.5. The number of pyridine rings is 1. The van der Waals surface area contributed by atoms with Crippen LogP contribution in [0.4, 0.5) is 4.79 Å². The van der Waals surface area contributed by atoms with Gasteiger partial charge in [0.25, 0.3) is 0 Å². The molecule has 11 heteroatoms. The minimum atomic E-state index is -0.505. The molecule has 2 saturated heterocycles. The summed E-state index contributed by atoms with van der Waals surface area (Å²) >= 11 is 12.2. The molecular weight excluding hydrogens is 605 g/mol. The Hall–Kier alpha value is -3.08. The van der Waals surface area contributed by atoms with Crippen LogP contribution in [0.25, 0.3) is 0 Å². The number of carbonyl (C=O) groups excluding carboxylic acids is 1. The summed E-state index contributed by atoms with van der Waals surface area (Å²) in [4.78, 5) is 17.8. The van der Waals surface area contributed by atoms with Gasteiger partial charge in [-0.3, -0.25) is 4.98 Å². The number of hydrogen-bond donors (Lipinski definition) is 2. The van der Waals surface area contributed by atoms with Crippen molar-refractivity contribution >= 4 is 29.3 Å². The molecule has 0 unspecified atom stereocenters. The maximum Gasteiger partial charge on any atom is 0.410 e. The number of nitrogens with one attached hydrogen (secondary N) is 1. The number of rotatable bonds is 7. The fourth-order valence-electron chi connectivity index (χ4n) is 4.72. The Labute approximate surface area is 269 Å². The van der Waals surface area contributed by atoms with E-state index in [2.05, 4.69) is 10.3 Å². The van der Waals surface area contributed by atoms with Crippen LogP contribution >= 0.6 is 23.2 Å². The van der Waals surface area contributed by atoms with E-state index < -0.39 is 5.60 Å². The molecule has 2 N–H and O–H groups in total. The van der Waals surface area contributed by atoms with Crippen LogP contribution in [-0.4, -0.2) is 78.3 Å². The zero-order valence-electron chi connectivity index (χ0n) is 25.4. The third-order valence-electron chi connectivity index (χ3n) is 6.85. The number of amides is 1. The highest BCUT2D eigenvalue weighted by atomic mass is 35.5. The maximum atomic E-state index is 12.1. The number of nitrogens with zero attached hydrogens (tertiary/aromatic N) is 2. The molecule has 0 bridgehead atoms. The van der Waals surface area contributed by atoms with Gasteiger partial charge in [0, 0.05) is 44.0 Å². The highest BCUT2D eigenvalue weighted by molar-refractivity contribution is 6.32. The van der Waals surface area contributed by atoms with E-state index in [0.717, 1.165) is 42.8 Å². The maximum absolute atomic E-state index is 12.1. The highest BCUT2D eigenvalue weighted by Crippen LogP contribution is 2.27. The van der Waals surface area contributed by atoms with Crippen LogP contribution in [0.5, 0.6) is 11.5 Å². The molecule has 9 nitrogen and oxygen atoms in total. The quantitative estimate of drug-likeness (QED) is 0.319. The predicted molar refractivity (Wildman–Crippen MR) is 171 cm³/mol. The Kier molecular flexibility index (Phi) is 12.5. The number of halogens is 2. The van der Waals surface area contributed by atoms with Crippen molar-refractivity contribution < 1.29 is 28.8 Å². The molecule has 0 radical (unpaired) electrons. The van der Waals surface area contributed by atoms with Crippen molar-refractivity contribution in [3.05, 3.63) is 87.7 Å². The Balaban J connectivity index is 0.000000201. The van der Waals surface area contributed by atoms with E-state index in [4.69, 9.17) is 42.1 Å². The molecule has 3 heterocycles. The molecule has 2 fully saturated rings. The number of carbonyl (C=O) groups is 1. The van der Waals surface area contributed by atoms with Crippen LogP contribution in [-0.2, 0) is 33.7 Å². The molecule has 2 atom stereocenters. The Morgan fingerprint density at radius 1 is 1.02 bits per heavy atom. The molecule has 0 saturated carbocycles. The standard InChI is InChI=1S/C17H19ClN2O2.C16H22ClNO4/c18-16-9-13(8-15-11-20-6-7-21-15)3-4-17(16)22-12-14-2-1-5-19-10-14;1-16(2,3)22-15(20)18-6-7-21-12(10-18)8-11-4-5-14(19)13(17)9-11/h1-5,9-10,15,20H,6-8,11-12H2;4-5,9,12,19H,6-8,10H2,1-3H3/t15-;12-/m11/s1.